The average Bonchev–Trinajstić information content (AvgIpc) is 2.39. The Labute approximate surface area is 117 Å². The SMILES string of the molecule is Cc1c([N+](=O)[O-])cccc1S(=O)(=O)N[C@H]1CCCNC1. The molecule has 1 atom stereocenters. The number of nitro groups is 1. The second-order valence-corrected chi connectivity index (χ2v) is 6.50. The van der Waals surface area contributed by atoms with Crippen LogP contribution in [0.3, 0.4) is 0 Å². The molecule has 0 amide bonds. The summed E-state index contributed by atoms with van der Waals surface area (Å²) in [6.07, 6.45) is 1.67. The van der Waals surface area contributed by atoms with E-state index in [1.54, 1.807) is 0 Å². The molecule has 1 aliphatic rings. The highest BCUT2D eigenvalue weighted by molar-refractivity contribution is 7.89. The van der Waals surface area contributed by atoms with Crippen molar-refractivity contribution in [2.45, 2.75) is 30.7 Å². The van der Waals surface area contributed by atoms with Crippen molar-refractivity contribution in [2.75, 3.05) is 13.1 Å². The molecular formula is C12H17N3O4S. The summed E-state index contributed by atoms with van der Waals surface area (Å²) in [5.41, 5.74) is -0.0246. The van der Waals surface area contributed by atoms with Crippen LogP contribution in [0.5, 0.6) is 0 Å². The molecule has 110 valence electrons. The number of benzene rings is 1. The van der Waals surface area contributed by atoms with Crippen molar-refractivity contribution in [1.29, 1.82) is 0 Å². The number of piperidine rings is 1. The van der Waals surface area contributed by atoms with Crippen molar-refractivity contribution < 1.29 is 13.3 Å². The lowest BCUT2D eigenvalue weighted by molar-refractivity contribution is -0.385. The molecule has 0 aromatic heterocycles. The van der Waals surface area contributed by atoms with E-state index in [0.717, 1.165) is 19.4 Å². The molecule has 7 nitrogen and oxygen atoms in total. The number of hydrogen-bond acceptors (Lipinski definition) is 5. The van der Waals surface area contributed by atoms with Crippen LogP contribution in [0.25, 0.3) is 0 Å². The molecule has 1 aliphatic heterocycles. The molecule has 8 heteroatoms. The molecule has 0 radical (unpaired) electrons. The zero-order valence-corrected chi connectivity index (χ0v) is 11.9. The minimum Gasteiger partial charge on any atom is -0.315 e. The Bertz CT molecular complexity index is 609. The smallest absolute Gasteiger partial charge is 0.273 e. The van der Waals surface area contributed by atoms with Gasteiger partial charge < -0.3 is 5.32 Å². The van der Waals surface area contributed by atoms with Crippen molar-refractivity contribution in [3.8, 4) is 0 Å². The number of nitro benzene ring substituents is 1. The molecule has 2 rings (SSSR count). The maximum Gasteiger partial charge on any atom is 0.273 e. The highest BCUT2D eigenvalue weighted by Crippen LogP contribution is 2.25. The van der Waals surface area contributed by atoms with Gasteiger partial charge in [-0.3, -0.25) is 10.1 Å². The van der Waals surface area contributed by atoms with E-state index in [1.165, 1.54) is 25.1 Å². The molecule has 0 aliphatic carbocycles. The van der Waals surface area contributed by atoms with Gasteiger partial charge in [-0.25, -0.2) is 13.1 Å². The Morgan fingerprint density at radius 1 is 1.45 bits per heavy atom. The van der Waals surface area contributed by atoms with Crippen LogP contribution in [0.4, 0.5) is 5.69 Å². The van der Waals surface area contributed by atoms with Crippen LogP contribution in [0, 0.1) is 17.0 Å². The molecule has 0 unspecified atom stereocenters. The van der Waals surface area contributed by atoms with Crippen LogP contribution in [0.2, 0.25) is 0 Å². The average molecular weight is 299 g/mol. The molecule has 1 heterocycles. The summed E-state index contributed by atoms with van der Waals surface area (Å²) < 4.78 is 27.3. The molecule has 0 saturated carbocycles. The first-order valence-electron chi connectivity index (χ1n) is 6.39. The van der Waals surface area contributed by atoms with Gasteiger partial charge in [0, 0.05) is 24.2 Å². The molecule has 20 heavy (non-hydrogen) atoms. The molecule has 2 N–H and O–H groups in total. The summed E-state index contributed by atoms with van der Waals surface area (Å²) in [5, 5.41) is 14.0. The fraction of sp³-hybridized carbons (Fsp3) is 0.500. The van der Waals surface area contributed by atoms with Crippen LogP contribution >= 0.6 is 0 Å². The van der Waals surface area contributed by atoms with Crippen LogP contribution in [-0.2, 0) is 10.0 Å². The zero-order chi connectivity index (χ0) is 14.8. The number of nitrogens with one attached hydrogen (secondary N) is 2. The standard InChI is InChI=1S/C12H17N3O4S/c1-9-11(15(16)17)5-2-6-12(9)20(18,19)14-10-4-3-7-13-8-10/h2,5-6,10,13-14H,3-4,7-8H2,1H3/t10-/m0/s1. The van der Waals surface area contributed by atoms with Gasteiger partial charge in [0.25, 0.3) is 5.69 Å². The lowest BCUT2D eigenvalue weighted by Gasteiger charge is -2.23. The van der Waals surface area contributed by atoms with Gasteiger partial charge in [-0.1, -0.05) is 6.07 Å². The number of rotatable bonds is 4. The van der Waals surface area contributed by atoms with Gasteiger partial charge >= 0.3 is 0 Å². The number of hydrogen-bond donors (Lipinski definition) is 2. The first-order chi connectivity index (χ1) is 9.42. The predicted molar refractivity (Wildman–Crippen MR) is 74.0 cm³/mol. The Kier molecular flexibility index (Phi) is 4.36. The topological polar surface area (TPSA) is 101 Å². The van der Waals surface area contributed by atoms with Gasteiger partial charge in [-0.2, -0.15) is 0 Å². The molecule has 1 fully saturated rings. The molecular weight excluding hydrogens is 282 g/mol. The van der Waals surface area contributed by atoms with E-state index in [1.807, 2.05) is 0 Å². The normalized spacial score (nSPS) is 19.8. The summed E-state index contributed by atoms with van der Waals surface area (Å²) in [7, 11) is -3.74. The van der Waals surface area contributed by atoms with Gasteiger partial charge in [0.2, 0.25) is 10.0 Å². The third-order valence-electron chi connectivity index (χ3n) is 3.36. The van der Waals surface area contributed by atoms with E-state index in [9.17, 15) is 18.5 Å². The maximum absolute atomic E-state index is 12.3. The monoisotopic (exact) mass is 299 g/mol. The second kappa shape index (κ2) is 5.86. The lowest BCUT2D eigenvalue weighted by atomic mass is 10.1. The van der Waals surface area contributed by atoms with Gasteiger partial charge in [-0.05, 0) is 32.4 Å². The van der Waals surface area contributed by atoms with Gasteiger partial charge in [0.15, 0.2) is 0 Å². The van der Waals surface area contributed by atoms with E-state index in [2.05, 4.69) is 10.0 Å². The van der Waals surface area contributed by atoms with Gasteiger partial charge in [0.05, 0.1) is 9.82 Å². The van der Waals surface area contributed by atoms with Crippen molar-refractivity contribution in [3.05, 3.63) is 33.9 Å². The fourth-order valence-corrected chi connectivity index (χ4v) is 3.86. The third-order valence-corrected chi connectivity index (χ3v) is 5.03. The summed E-state index contributed by atoms with van der Waals surface area (Å²) in [5.74, 6) is 0. The minimum atomic E-state index is -3.74. The highest BCUT2D eigenvalue weighted by atomic mass is 32.2. The van der Waals surface area contributed by atoms with Crippen molar-refractivity contribution in [2.24, 2.45) is 0 Å². The van der Waals surface area contributed by atoms with E-state index in [-0.39, 0.29) is 22.2 Å². The van der Waals surface area contributed by atoms with Gasteiger partial charge in [0.1, 0.15) is 0 Å². The Balaban J connectivity index is 2.29. The lowest BCUT2D eigenvalue weighted by Crippen LogP contribution is -2.45. The zero-order valence-electron chi connectivity index (χ0n) is 11.1. The van der Waals surface area contributed by atoms with E-state index in [0.29, 0.717) is 6.54 Å². The van der Waals surface area contributed by atoms with E-state index in [4.69, 9.17) is 0 Å². The van der Waals surface area contributed by atoms with Crippen molar-refractivity contribution >= 4 is 15.7 Å². The van der Waals surface area contributed by atoms with E-state index < -0.39 is 14.9 Å². The summed E-state index contributed by atoms with van der Waals surface area (Å²) >= 11 is 0. The summed E-state index contributed by atoms with van der Waals surface area (Å²) in [6.45, 7) is 2.91. The molecule has 0 spiro atoms. The van der Waals surface area contributed by atoms with Crippen molar-refractivity contribution in [3.63, 3.8) is 0 Å². The van der Waals surface area contributed by atoms with Crippen molar-refractivity contribution in [1.82, 2.24) is 10.0 Å². The summed E-state index contributed by atoms with van der Waals surface area (Å²) in [4.78, 5) is 10.3. The molecule has 1 aromatic carbocycles. The maximum atomic E-state index is 12.3. The van der Waals surface area contributed by atoms with Crippen LogP contribution in [-0.4, -0.2) is 32.5 Å². The third kappa shape index (κ3) is 3.14. The number of nitrogens with zero attached hydrogens (tertiary/aromatic N) is 1. The Hall–Kier alpha value is -1.51. The first-order valence-corrected chi connectivity index (χ1v) is 7.87. The molecule has 1 saturated heterocycles. The Morgan fingerprint density at radius 3 is 2.80 bits per heavy atom. The van der Waals surface area contributed by atoms with Gasteiger partial charge in [-0.15, -0.1) is 0 Å². The van der Waals surface area contributed by atoms with E-state index >= 15 is 0 Å². The highest BCUT2D eigenvalue weighted by Gasteiger charge is 2.26. The second-order valence-electron chi connectivity index (χ2n) is 4.82. The van der Waals surface area contributed by atoms with Crippen LogP contribution in [0.1, 0.15) is 18.4 Å². The minimum absolute atomic E-state index is 0.0303. The quantitative estimate of drug-likeness (QED) is 0.636. The first kappa shape index (κ1) is 14.9. The summed E-state index contributed by atoms with van der Waals surface area (Å²) in [6, 6.07) is 3.91. The van der Waals surface area contributed by atoms with Crippen LogP contribution < -0.4 is 10.0 Å². The largest absolute Gasteiger partial charge is 0.315 e. The number of sulfonamides is 1. The predicted octanol–water partition coefficient (Wildman–Crippen LogP) is 0.934. The molecule has 0 bridgehead atoms. The Morgan fingerprint density at radius 2 is 2.20 bits per heavy atom. The fourth-order valence-electron chi connectivity index (χ4n) is 2.33. The molecule has 1 aromatic rings. The van der Waals surface area contributed by atoms with Crippen LogP contribution in [0.15, 0.2) is 23.1 Å².